The van der Waals surface area contributed by atoms with Crippen LogP contribution in [-0.2, 0) is 17.9 Å². The average molecular weight is 470 g/mol. The summed E-state index contributed by atoms with van der Waals surface area (Å²) in [4.78, 5) is 44.3. The third-order valence-electron chi connectivity index (χ3n) is 5.53. The lowest BCUT2D eigenvalue weighted by Crippen LogP contribution is -2.61. The highest BCUT2D eigenvalue weighted by Crippen LogP contribution is 2.21. The molecular formula is C23H24ClN5O4. The van der Waals surface area contributed by atoms with Crippen molar-refractivity contribution >= 4 is 40.3 Å². The molecule has 1 aliphatic heterocycles. The SMILES string of the molecule is CC1(O)CN(C(=O)CCn2c(=O)c(C(=O)NCc3ccc(Cl)cc3)cc3ccc(N)nc32)C1. The van der Waals surface area contributed by atoms with Crippen LogP contribution < -0.4 is 16.6 Å². The molecule has 4 N–H and O–H groups in total. The van der Waals surface area contributed by atoms with Gasteiger partial charge in [0.2, 0.25) is 5.91 Å². The van der Waals surface area contributed by atoms with Crippen LogP contribution >= 0.6 is 11.6 Å². The molecule has 1 fully saturated rings. The standard InChI is InChI=1S/C23H24ClN5O4/c1-23(33)12-28(13-23)19(30)8-9-29-20-15(4-7-18(25)27-20)10-17(22(29)32)21(31)26-11-14-2-5-16(24)6-3-14/h2-7,10,33H,8-9,11-13H2,1H3,(H2,25,27)(H,26,31). The van der Waals surface area contributed by atoms with Crippen molar-refractivity contribution < 1.29 is 14.7 Å². The van der Waals surface area contributed by atoms with Crippen molar-refractivity contribution in [2.45, 2.75) is 32.0 Å². The van der Waals surface area contributed by atoms with Gasteiger partial charge >= 0.3 is 0 Å². The van der Waals surface area contributed by atoms with Gasteiger partial charge in [-0.1, -0.05) is 23.7 Å². The first-order valence-electron chi connectivity index (χ1n) is 10.5. The van der Waals surface area contributed by atoms with Crippen LogP contribution in [0.2, 0.25) is 5.02 Å². The fraction of sp³-hybridized carbons (Fsp3) is 0.304. The Bertz CT molecular complexity index is 1280. The predicted molar refractivity (Wildman–Crippen MR) is 125 cm³/mol. The van der Waals surface area contributed by atoms with E-state index in [1.807, 2.05) is 0 Å². The van der Waals surface area contributed by atoms with Gasteiger partial charge in [-0.25, -0.2) is 4.98 Å². The number of anilines is 1. The molecule has 1 saturated heterocycles. The maximum atomic E-state index is 13.2. The second kappa shape index (κ2) is 8.84. The second-order valence-corrected chi connectivity index (χ2v) is 8.91. The Kier molecular flexibility index (Phi) is 6.09. The highest BCUT2D eigenvalue weighted by molar-refractivity contribution is 6.30. The zero-order valence-electron chi connectivity index (χ0n) is 18.0. The van der Waals surface area contributed by atoms with E-state index in [0.717, 1.165) is 5.56 Å². The van der Waals surface area contributed by atoms with Crippen LogP contribution in [0.5, 0.6) is 0 Å². The summed E-state index contributed by atoms with van der Waals surface area (Å²) >= 11 is 5.89. The van der Waals surface area contributed by atoms with Gasteiger partial charge in [0, 0.05) is 29.9 Å². The largest absolute Gasteiger partial charge is 0.386 e. The Balaban J connectivity index is 1.58. The first-order chi connectivity index (χ1) is 15.6. The van der Waals surface area contributed by atoms with Crippen molar-refractivity contribution in [2.24, 2.45) is 0 Å². The molecule has 0 radical (unpaired) electrons. The summed E-state index contributed by atoms with van der Waals surface area (Å²) < 4.78 is 1.30. The zero-order chi connectivity index (χ0) is 23.8. The highest BCUT2D eigenvalue weighted by atomic mass is 35.5. The number of aromatic nitrogens is 2. The minimum absolute atomic E-state index is 0.0252. The smallest absolute Gasteiger partial charge is 0.265 e. The number of nitrogen functional groups attached to an aromatic ring is 1. The molecule has 1 aliphatic rings. The number of carbonyl (C=O) groups is 2. The third-order valence-corrected chi connectivity index (χ3v) is 5.79. The molecule has 172 valence electrons. The van der Waals surface area contributed by atoms with E-state index in [1.165, 1.54) is 15.5 Å². The lowest BCUT2D eigenvalue weighted by molar-refractivity contribution is -0.152. The van der Waals surface area contributed by atoms with Gasteiger partial charge in [-0.15, -0.1) is 0 Å². The van der Waals surface area contributed by atoms with Crippen molar-refractivity contribution in [1.82, 2.24) is 19.8 Å². The molecule has 4 rings (SSSR count). The van der Waals surface area contributed by atoms with Crippen molar-refractivity contribution in [1.29, 1.82) is 0 Å². The number of fused-ring (bicyclic) bond motifs is 1. The number of β-amino-alcohol motifs (C(OH)–C–C–N with tert-alkyl or cyclic N) is 1. The van der Waals surface area contributed by atoms with Gasteiger partial charge in [0.1, 0.15) is 17.0 Å². The van der Waals surface area contributed by atoms with E-state index in [9.17, 15) is 19.5 Å². The Morgan fingerprint density at radius 1 is 1.21 bits per heavy atom. The van der Waals surface area contributed by atoms with Crippen molar-refractivity contribution in [3.8, 4) is 0 Å². The normalized spacial score (nSPS) is 14.7. The molecule has 0 unspecified atom stereocenters. The quantitative estimate of drug-likeness (QED) is 0.502. The van der Waals surface area contributed by atoms with E-state index in [0.29, 0.717) is 16.1 Å². The molecule has 33 heavy (non-hydrogen) atoms. The van der Waals surface area contributed by atoms with Gasteiger partial charge in [0.25, 0.3) is 11.5 Å². The Hall–Kier alpha value is -3.43. The van der Waals surface area contributed by atoms with Gasteiger partial charge in [-0.3, -0.25) is 19.0 Å². The van der Waals surface area contributed by atoms with Crippen LogP contribution in [0.3, 0.4) is 0 Å². The van der Waals surface area contributed by atoms with Crippen LogP contribution in [-0.4, -0.2) is 50.1 Å². The number of rotatable bonds is 6. The number of halogens is 1. The van der Waals surface area contributed by atoms with Gasteiger partial charge in [0.05, 0.1) is 18.7 Å². The van der Waals surface area contributed by atoms with E-state index in [1.54, 1.807) is 43.3 Å². The monoisotopic (exact) mass is 469 g/mol. The number of nitrogens with two attached hydrogens (primary N) is 1. The number of carbonyl (C=O) groups excluding carboxylic acids is 2. The van der Waals surface area contributed by atoms with Crippen molar-refractivity contribution in [2.75, 3.05) is 18.8 Å². The van der Waals surface area contributed by atoms with Crippen molar-refractivity contribution in [3.05, 3.63) is 69.0 Å². The summed E-state index contributed by atoms with van der Waals surface area (Å²) in [5.41, 5.74) is 5.46. The van der Waals surface area contributed by atoms with E-state index >= 15 is 0 Å². The number of amides is 2. The van der Waals surface area contributed by atoms with E-state index < -0.39 is 17.1 Å². The van der Waals surface area contributed by atoms with Gasteiger partial charge in [-0.2, -0.15) is 0 Å². The number of aryl methyl sites for hydroxylation is 1. The number of nitrogens with one attached hydrogen (secondary N) is 1. The van der Waals surface area contributed by atoms with Gasteiger partial charge < -0.3 is 21.1 Å². The van der Waals surface area contributed by atoms with Crippen molar-refractivity contribution in [3.63, 3.8) is 0 Å². The molecule has 0 atom stereocenters. The highest BCUT2D eigenvalue weighted by Gasteiger charge is 2.39. The molecule has 3 aromatic rings. The van der Waals surface area contributed by atoms with E-state index in [-0.39, 0.29) is 49.9 Å². The molecule has 0 saturated carbocycles. The number of hydrogen-bond donors (Lipinski definition) is 3. The van der Waals surface area contributed by atoms with Gasteiger partial charge in [0.15, 0.2) is 0 Å². The van der Waals surface area contributed by atoms with E-state index in [2.05, 4.69) is 10.3 Å². The minimum atomic E-state index is -0.878. The van der Waals surface area contributed by atoms with Crippen LogP contribution in [0.25, 0.3) is 11.0 Å². The van der Waals surface area contributed by atoms with Crippen LogP contribution in [0.15, 0.2) is 47.3 Å². The number of pyridine rings is 2. The first kappa shape index (κ1) is 22.8. The number of likely N-dealkylation sites (tertiary alicyclic amines) is 1. The topological polar surface area (TPSA) is 131 Å². The second-order valence-electron chi connectivity index (χ2n) is 8.47. The molecule has 0 aliphatic carbocycles. The van der Waals surface area contributed by atoms with E-state index in [4.69, 9.17) is 17.3 Å². The average Bonchev–Trinajstić information content (AvgIpc) is 2.75. The van der Waals surface area contributed by atoms with Crippen LogP contribution in [0.1, 0.15) is 29.3 Å². The molecule has 0 spiro atoms. The molecule has 2 amide bonds. The minimum Gasteiger partial charge on any atom is -0.386 e. The molecule has 10 heteroatoms. The van der Waals surface area contributed by atoms with Crippen LogP contribution in [0.4, 0.5) is 5.82 Å². The summed E-state index contributed by atoms with van der Waals surface area (Å²) in [6, 6.07) is 11.7. The molecule has 3 heterocycles. The zero-order valence-corrected chi connectivity index (χ0v) is 18.8. The molecule has 0 bridgehead atoms. The van der Waals surface area contributed by atoms with Crippen LogP contribution in [0, 0.1) is 0 Å². The predicted octanol–water partition coefficient (Wildman–Crippen LogP) is 1.55. The lowest BCUT2D eigenvalue weighted by Gasteiger charge is -2.44. The molecular weight excluding hydrogens is 446 g/mol. The fourth-order valence-corrected chi connectivity index (χ4v) is 3.96. The number of benzene rings is 1. The summed E-state index contributed by atoms with van der Waals surface area (Å²) in [5, 5.41) is 13.7. The Morgan fingerprint density at radius 3 is 2.58 bits per heavy atom. The summed E-state index contributed by atoms with van der Waals surface area (Å²) in [5.74, 6) is -0.503. The summed E-state index contributed by atoms with van der Waals surface area (Å²) in [6.07, 6.45) is 0.0252. The van der Waals surface area contributed by atoms with Gasteiger partial charge in [-0.05, 0) is 42.8 Å². The third kappa shape index (κ3) is 4.99. The lowest BCUT2D eigenvalue weighted by atomic mass is 9.96. The molecule has 1 aromatic carbocycles. The first-order valence-corrected chi connectivity index (χ1v) is 10.8. The Labute approximate surface area is 194 Å². The molecule has 2 aromatic heterocycles. The maximum absolute atomic E-state index is 13.2. The number of hydrogen-bond acceptors (Lipinski definition) is 6. The maximum Gasteiger partial charge on any atom is 0.265 e. The summed E-state index contributed by atoms with van der Waals surface area (Å²) in [7, 11) is 0. The Morgan fingerprint density at radius 2 is 1.91 bits per heavy atom. The fourth-order valence-electron chi connectivity index (χ4n) is 3.83. The molecule has 9 nitrogen and oxygen atoms in total. The number of aliphatic hydroxyl groups is 1. The summed E-state index contributed by atoms with van der Waals surface area (Å²) in [6.45, 7) is 2.41. The number of nitrogens with zero attached hydrogens (tertiary/aromatic N) is 3.